The van der Waals surface area contributed by atoms with Crippen LogP contribution in [0.1, 0.15) is 36.3 Å². The van der Waals surface area contributed by atoms with Crippen LogP contribution in [0.25, 0.3) is 11.1 Å². The molecule has 8 heteroatoms. The first-order valence-corrected chi connectivity index (χ1v) is 12.5. The standard InChI is InChI=1S/C25H28N2O5S/c1-33-13-12-21(24(29)30)26-23(28)22(15-10-11-15)27-25(31)32-14-20-18-8-4-2-6-16(18)17-7-3-5-9-19(17)20/h2-9,15,20-22H,10-14H2,1H3,(H,26,28)(H,27,31)(H,29,30)/t21-,22?/m0/s1. The van der Waals surface area contributed by atoms with E-state index in [1.807, 2.05) is 42.7 Å². The molecule has 0 aromatic heterocycles. The van der Waals surface area contributed by atoms with Gasteiger partial charge in [0.15, 0.2) is 0 Å². The van der Waals surface area contributed by atoms with Gasteiger partial charge >= 0.3 is 12.1 Å². The SMILES string of the molecule is CSCC[C@H](NC(=O)C(NC(=O)OCC1c2ccccc2-c2ccccc21)C1CC1)C(=O)O. The van der Waals surface area contributed by atoms with E-state index in [2.05, 4.69) is 22.8 Å². The average Bonchev–Trinajstić information content (AvgIpc) is 3.61. The van der Waals surface area contributed by atoms with Crippen LogP contribution in [0.4, 0.5) is 4.79 Å². The van der Waals surface area contributed by atoms with Crippen LogP contribution in [0.15, 0.2) is 48.5 Å². The van der Waals surface area contributed by atoms with Crippen molar-refractivity contribution in [1.29, 1.82) is 0 Å². The van der Waals surface area contributed by atoms with Crippen molar-refractivity contribution in [2.45, 2.75) is 37.3 Å². The fourth-order valence-electron chi connectivity index (χ4n) is 4.35. The Hall–Kier alpha value is -3.00. The molecule has 1 saturated carbocycles. The Labute approximate surface area is 197 Å². The molecular formula is C25H28N2O5S. The molecule has 2 aromatic carbocycles. The van der Waals surface area contributed by atoms with Gasteiger partial charge in [-0.2, -0.15) is 11.8 Å². The van der Waals surface area contributed by atoms with Gasteiger partial charge in [0.25, 0.3) is 0 Å². The second-order valence-electron chi connectivity index (χ2n) is 8.47. The highest BCUT2D eigenvalue weighted by Gasteiger charge is 2.39. The zero-order chi connectivity index (χ0) is 23.4. The predicted molar refractivity (Wildman–Crippen MR) is 127 cm³/mol. The van der Waals surface area contributed by atoms with Crippen LogP contribution >= 0.6 is 11.8 Å². The average molecular weight is 469 g/mol. The van der Waals surface area contributed by atoms with Crippen LogP contribution < -0.4 is 10.6 Å². The number of benzene rings is 2. The summed E-state index contributed by atoms with van der Waals surface area (Å²) in [6, 6.07) is 14.4. The van der Waals surface area contributed by atoms with Crippen molar-refractivity contribution in [3.05, 3.63) is 59.7 Å². The number of aliphatic carboxylic acids is 1. The normalized spacial score (nSPS) is 16.3. The summed E-state index contributed by atoms with van der Waals surface area (Å²) in [5.74, 6) is -1.00. The van der Waals surface area contributed by atoms with E-state index < -0.39 is 30.1 Å². The molecule has 2 aromatic rings. The molecule has 2 aliphatic carbocycles. The summed E-state index contributed by atoms with van der Waals surface area (Å²) < 4.78 is 5.57. The minimum absolute atomic E-state index is 0.000442. The molecule has 0 aliphatic heterocycles. The summed E-state index contributed by atoms with van der Waals surface area (Å²) in [4.78, 5) is 36.9. The van der Waals surface area contributed by atoms with E-state index in [0.29, 0.717) is 12.2 Å². The van der Waals surface area contributed by atoms with Crippen LogP contribution in [0.2, 0.25) is 0 Å². The molecule has 0 radical (unpaired) electrons. The lowest BCUT2D eigenvalue weighted by molar-refractivity contribution is -0.142. The second kappa shape index (κ2) is 10.3. The Kier molecular flexibility index (Phi) is 7.23. The van der Waals surface area contributed by atoms with Crippen molar-refractivity contribution in [3.63, 3.8) is 0 Å². The topological polar surface area (TPSA) is 105 Å². The Bertz CT molecular complexity index is 993. The number of fused-ring (bicyclic) bond motifs is 3. The number of carboxylic acids is 1. The highest BCUT2D eigenvalue weighted by Crippen LogP contribution is 2.44. The Morgan fingerprint density at radius 3 is 2.18 bits per heavy atom. The smallest absolute Gasteiger partial charge is 0.407 e. The molecule has 2 aliphatic rings. The van der Waals surface area contributed by atoms with Crippen molar-refractivity contribution in [3.8, 4) is 11.1 Å². The molecule has 0 heterocycles. The number of carbonyl (C=O) groups excluding carboxylic acids is 2. The fourth-order valence-corrected chi connectivity index (χ4v) is 4.82. The van der Waals surface area contributed by atoms with Crippen LogP contribution in [-0.2, 0) is 14.3 Å². The first-order chi connectivity index (χ1) is 16.0. The van der Waals surface area contributed by atoms with E-state index in [0.717, 1.165) is 35.1 Å². The largest absolute Gasteiger partial charge is 0.480 e. The van der Waals surface area contributed by atoms with Crippen LogP contribution in [-0.4, -0.2) is 53.8 Å². The Morgan fingerprint density at radius 1 is 1.03 bits per heavy atom. The summed E-state index contributed by atoms with van der Waals surface area (Å²) >= 11 is 1.52. The minimum atomic E-state index is -1.08. The summed E-state index contributed by atoms with van der Waals surface area (Å²) in [5.41, 5.74) is 4.51. The number of amides is 2. The molecule has 2 amide bonds. The summed E-state index contributed by atoms with van der Waals surface area (Å²) in [6.45, 7) is 0.157. The van der Waals surface area contributed by atoms with E-state index in [-0.39, 0.29) is 18.4 Å². The van der Waals surface area contributed by atoms with Gasteiger partial charge in [0, 0.05) is 5.92 Å². The highest BCUT2D eigenvalue weighted by atomic mass is 32.2. The molecule has 1 fully saturated rings. The van der Waals surface area contributed by atoms with E-state index >= 15 is 0 Å². The molecular weight excluding hydrogens is 440 g/mol. The zero-order valence-corrected chi connectivity index (χ0v) is 19.3. The third kappa shape index (κ3) is 5.33. The van der Waals surface area contributed by atoms with Gasteiger partial charge < -0.3 is 20.5 Å². The Morgan fingerprint density at radius 2 is 1.64 bits per heavy atom. The lowest BCUT2D eigenvalue weighted by Gasteiger charge is -2.21. The van der Waals surface area contributed by atoms with Crippen LogP contribution in [0.3, 0.4) is 0 Å². The number of rotatable bonds is 10. The number of nitrogens with one attached hydrogen (secondary N) is 2. The first-order valence-electron chi connectivity index (χ1n) is 11.1. The highest BCUT2D eigenvalue weighted by molar-refractivity contribution is 7.98. The van der Waals surface area contributed by atoms with E-state index in [1.54, 1.807) is 0 Å². The van der Waals surface area contributed by atoms with E-state index in [4.69, 9.17) is 4.74 Å². The van der Waals surface area contributed by atoms with Crippen LogP contribution in [0.5, 0.6) is 0 Å². The van der Waals surface area contributed by atoms with Gasteiger partial charge in [0.05, 0.1) is 0 Å². The van der Waals surface area contributed by atoms with Gasteiger partial charge in [-0.1, -0.05) is 48.5 Å². The molecule has 0 saturated heterocycles. The maximum Gasteiger partial charge on any atom is 0.407 e. The van der Waals surface area contributed by atoms with Gasteiger partial charge in [0.2, 0.25) is 5.91 Å². The lowest BCUT2D eigenvalue weighted by atomic mass is 9.98. The number of hydrogen-bond donors (Lipinski definition) is 3. The number of carboxylic acid groups (broad SMARTS) is 1. The van der Waals surface area contributed by atoms with Gasteiger partial charge in [-0.3, -0.25) is 4.79 Å². The molecule has 3 N–H and O–H groups in total. The number of carbonyl (C=O) groups is 3. The van der Waals surface area contributed by atoms with Gasteiger partial charge in [0.1, 0.15) is 18.7 Å². The summed E-state index contributed by atoms with van der Waals surface area (Å²) in [5, 5.41) is 14.7. The number of thioether (sulfide) groups is 1. The van der Waals surface area contributed by atoms with E-state index in [9.17, 15) is 19.5 Å². The molecule has 4 rings (SSSR count). The van der Waals surface area contributed by atoms with Gasteiger partial charge in [-0.25, -0.2) is 9.59 Å². The molecule has 0 spiro atoms. The maximum absolute atomic E-state index is 12.8. The first kappa shape index (κ1) is 23.2. The monoisotopic (exact) mass is 468 g/mol. The molecule has 7 nitrogen and oxygen atoms in total. The number of hydrogen-bond acceptors (Lipinski definition) is 5. The molecule has 33 heavy (non-hydrogen) atoms. The zero-order valence-electron chi connectivity index (χ0n) is 18.5. The van der Waals surface area contributed by atoms with Crippen molar-refractivity contribution in [2.24, 2.45) is 5.92 Å². The quantitative estimate of drug-likeness (QED) is 0.492. The maximum atomic E-state index is 12.8. The lowest BCUT2D eigenvalue weighted by Crippen LogP contribution is -2.52. The molecule has 1 unspecified atom stereocenters. The Balaban J connectivity index is 1.38. The summed E-state index contributed by atoms with van der Waals surface area (Å²) in [7, 11) is 0. The van der Waals surface area contributed by atoms with E-state index in [1.165, 1.54) is 11.8 Å². The number of ether oxygens (including phenoxy) is 1. The van der Waals surface area contributed by atoms with Crippen molar-refractivity contribution in [2.75, 3.05) is 18.6 Å². The summed E-state index contributed by atoms with van der Waals surface area (Å²) in [6.07, 6.45) is 3.16. The minimum Gasteiger partial charge on any atom is -0.480 e. The number of alkyl carbamates (subject to hydrolysis) is 1. The van der Waals surface area contributed by atoms with Crippen LogP contribution in [0, 0.1) is 5.92 Å². The van der Waals surface area contributed by atoms with Crippen molar-refractivity contribution in [1.82, 2.24) is 10.6 Å². The second-order valence-corrected chi connectivity index (χ2v) is 9.45. The van der Waals surface area contributed by atoms with Crippen molar-refractivity contribution < 1.29 is 24.2 Å². The molecule has 174 valence electrons. The fraction of sp³-hybridized carbons (Fsp3) is 0.400. The molecule has 2 atom stereocenters. The van der Waals surface area contributed by atoms with Crippen molar-refractivity contribution >= 4 is 29.7 Å². The molecule has 0 bridgehead atoms. The van der Waals surface area contributed by atoms with Gasteiger partial charge in [-0.05, 0) is 59.4 Å². The predicted octanol–water partition coefficient (Wildman–Crippen LogP) is 3.63. The third-order valence-electron chi connectivity index (χ3n) is 6.22. The third-order valence-corrected chi connectivity index (χ3v) is 6.86. The van der Waals surface area contributed by atoms with Gasteiger partial charge in [-0.15, -0.1) is 0 Å².